The summed E-state index contributed by atoms with van der Waals surface area (Å²) in [7, 11) is 0. The van der Waals surface area contributed by atoms with Gasteiger partial charge in [-0.1, -0.05) is 13.8 Å². The lowest BCUT2D eigenvalue weighted by Gasteiger charge is -2.20. The Morgan fingerprint density at radius 3 is 2.75 bits per heavy atom. The van der Waals surface area contributed by atoms with E-state index in [0.717, 1.165) is 11.1 Å². The highest BCUT2D eigenvalue weighted by atomic mass is 16.4. The first-order chi connectivity index (χ1) is 9.49. The van der Waals surface area contributed by atoms with Crippen LogP contribution in [0.15, 0.2) is 18.5 Å². The topological polar surface area (TPSA) is 93.8 Å². The molecule has 0 aliphatic rings. The third-order valence-corrected chi connectivity index (χ3v) is 3.09. The van der Waals surface area contributed by atoms with Gasteiger partial charge in [-0.25, -0.2) is 4.68 Å². The standard InChI is InChI=1S/C13H17N5O2/c1-8(2)11(5-12(19)20)18-13(15-16-17-18)10-4-9(3)6-14-7-10/h4,6-8,11H,5H2,1-3H3,(H,19,20). The first-order valence-corrected chi connectivity index (χ1v) is 6.40. The van der Waals surface area contributed by atoms with Crippen LogP contribution in [0.5, 0.6) is 0 Å². The Kier molecular flexibility index (Phi) is 4.07. The highest BCUT2D eigenvalue weighted by Gasteiger charge is 2.24. The minimum Gasteiger partial charge on any atom is -0.481 e. The Morgan fingerprint density at radius 2 is 2.15 bits per heavy atom. The van der Waals surface area contributed by atoms with Crippen molar-refractivity contribution in [2.45, 2.75) is 33.2 Å². The van der Waals surface area contributed by atoms with Gasteiger partial charge in [-0.3, -0.25) is 9.78 Å². The fraction of sp³-hybridized carbons (Fsp3) is 0.462. The van der Waals surface area contributed by atoms with E-state index >= 15 is 0 Å². The summed E-state index contributed by atoms with van der Waals surface area (Å²) in [4.78, 5) is 15.1. The molecule has 2 aromatic rings. The third-order valence-electron chi connectivity index (χ3n) is 3.09. The quantitative estimate of drug-likeness (QED) is 0.892. The highest BCUT2D eigenvalue weighted by Crippen LogP contribution is 2.26. The SMILES string of the molecule is Cc1cncc(-c2nnnn2C(CC(=O)O)C(C)C)c1. The molecule has 7 nitrogen and oxygen atoms in total. The van der Waals surface area contributed by atoms with E-state index in [1.54, 1.807) is 17.1 Å². The van der Waals surface area contributed by atoms with Gasteiger partial charge in [-0.15, -0.1) is 5.10 Å². The molecule has 2 aromatic heterocycles. The number of rotatable bonds is 5. The second-order valence-corrected chi connectivity index (χ2v) is 5.11. The molecule has 0 saturated carbocycles. The summed E-state index contributed by atoms with van der Waals surface area (Å²) in [5.74, 6) is -0.222. The molecule has 1 N–H and O–H groups in total. The van der Waals surface area contributed by atoms with Crippen molar-refractivity contribution < 1.29 is 9.90 Å². The van der Waals surface area contributed by atoms with Gasteiger partial charge < -0.3 is 5.11 Å². The predicted molar refractivity (Wildman–Crippen MR) is 71.9 cm³/mol. The van der Waals surface area contributed by atoms with Crippen LogP contribution in [-0.2, 0) is 4.79 Å². The molecule has 0 saturated heterocycles. The Morgan fingerprint density at radius 1 is 1.40 bits per heavy atom. The van der Waals surface area contributed by atoms with Crippen molar-refractivity contribution >= 4 is 5.97 Å². The Balaban J connectivity index is 2.43. The number of hydrogen-bond acceptors (Lipinski definition) is 5. The molecule has 0 amide bonds. The van der Waals surface area contributed by atoms with Gasteiger partial charge in [-0.05, 0) is 34.9 Å². The van der Waals surface area contributed by atoms with Crippen molar-refractivity contribution in [3.63, 3.8) is 0 Å². The van der Waals surface area contributed by atoms with Crippen LogP contribution in [0.3, 0.4) is 0 Å². The maximum absolute atomic E-state index is 11.0. The number of nitrogens with zero attached hydrogens (tertiary/aromatic N) is 5. The number of aliphatic carboxylic acids is 1. The first kappa shape index (κ1) is 14.1. The fourth-order valence-electron chi connectivity index (χ4n) is 2.07. The molecule has 0 fully saturated rings. The van der Waals surface area contributed by atoms with E-state index in [1.165, 1.54) is 0 Å². The van der Waals surface area contributed by atoms with Crippen molar-refractivity contribution in [2.24, 2.45) is 5.92 Å². The van der Waals surface area contributed by atoms with E-state index in [4.69, 9.17) is 5.11 Å². The van der Waals surface area contributed by atoms with E-state index in [2.05, 4.69) is 20.5 Å². The Labute approximate surface area is 116 Å². The molecule has 0 radical (unpaired) electrons. The molecule has 1 atom stereocenters. The molecule has 0 spiro atoms. The van der Waals surface area contributed by atoms with E-state index in [9.17, 15) is 4.79 Å². The Hall–Kier alpha value is -2.31. The molecule has 0 aromatic carbocycles. The zero-order chi connectivity index (χ0) is 14.7. The van der Waals surface area contributed by atoms with Crippen LogP contribution in [0.1, 0.15) is 31.9 Å². The number of carbonyl (C=O) groups is 1. The van der Waals surface area contributed by atoms with Crippen LogP contribution in [0, 0.1) is 12.8 Å². The smallest absolute Gasteiger partial charge is 0.305 e. The van der Waals surface area contributed by atoms with E-state index in [0.29, 0.717) is 5.82 Å². The molecule has 7 heteroatoms. The Bertz CT molecular complexity index is 608. The lowest BCUT2D eigenvalue weighted by atomic mass is 10.0. The molecule has 2 heterocycles. The summed E-state index contributed by atoms with van der Waals surface area (Å²) in [5, 5.41) is 20.7. The van der Waals surface area contributed by atoms with Crippen molar-refractivity contribution in [3.05, 3.63) is 24.0 Å². The molecule has 0 bridgehead atoms. The highest BCUT2D eigenvalue weighted by molar-refractivity contribution is 5.67. The van der Waals surface area contributed by atoms with Gasteiger partial charge in [0.25, 0.3) is 0 Å². The second-order valence-electron chi connectivity index (χ2n) is 5.11. The maximum Gasteiger partial charge on any atom is 0.305 e. The molecular formula is C13H17N5O2. The number of carboxylic acids is 1. The van der Waals surface area contributed by atoms with Gasteiger partial charge in [0.05, 0.1) is 12.5 Å². The molecule has 106 valence electrons. The zero-order valence-corrected chi connectivity index (χ0v) is 11.7. The van der Waals surface area contributed by atoms with Crippen molar-refractivity contribution in [2.75, 3.05) is 0 Å². The van der Waals surface area contributed by atoms with Gasteiger partial charge >= 0.3 is 5.97 Å². The summed E-state index contributed by atoms with van der Waals surface area (Å²) in [6, 6.07) is 1.63. The average Bonchev–Trinajstić information content (AvgIpc) is 2.84. The van der Waals surface area contributed by atoms with Crippen molar-refractivity contribution in [1.29, 1.82) is 0 Å². The van der Waals surface area contributed by atoms with Gasteiger partial charge in [0.1, 0.15) is 0 Å². The minimum atomic E-state index is -0.868. The first-order valence-electron chi connectivity index (χ1n) is 6.40. The second kappa shape index (κ2) is 5.77. The lowest BCUT2D eigenvalue weighted by Crippen LogP contribution is -2.21. The summed E-state index contributed by atoms with van der Waals surface area (Å²) in [6.45, 7) is 5.84. The van der Waals surface area contributed by atoms with Crippen LogP contribution < -0.4 is 0 Å². The normalized spacial score (nSPS) is 12.6. The molecular weight excluding hydrogens is 258 g/mol. The van der Waals surface area contributed by atoms with Gasteiger partial charge in [0, 0.05) is 18.0 Å². The fourth-order valence-corrected chi connectivity index (χ4v) is 2.07. The summed E-state index contributed by atoms with van der Waals surface area (Å²) in [6.07, 6.45) is 3.40. The van der Waals surface area contributed by atoms with Crippen LogP contribution in [0.2, 0.25) is 0 Å². The van der Waals surface area contributed by atoms with Crippen LogP contribution >= 0.6 is 0 Å². The number of hydrogen-bond donors (Lipinski definition) is 1. The van der Waals surface area contributed by atoms with E-state index in [1.807, 2.05) is 26.8 Å². The molecule has 0 aliphatic carbocycles. The largest absolute Gasteiger partial charge is 0.481 e. The van der Waals surface area contributed by atoms with E-state index in [-0.39, 0.29) is 18.4 Å². The molecule has 0 aliphatic heterocycles. The number of pyridine rings is 1. The number of aryl methyl sites for hydroxylation is 1. The van der Waals surface area contributed by atoms with Crippen LogP contribution in [-0.4, -0.2) is 36.3 Å². The summed E-state index contributed by atoms with van der Waals surface area (Å²) in [5.41, 5.74) is 1.78. The van der Waals surface area contributed by atoms with Crippen LogP contribution in [0.4, 0.5) is 0 Å². The molecule has 20 heavy (non-hydrogen) atoms. The summed E-state index contributed by atoms with van der Waals surface area (Å²) < 4.78 is 1.58. The summed E-state index contributed by atoms with van der Waals surface area (Å²) >= 11 is 0. The number of tetrazole rings is 1. The van der Waals surface area contributed by atoms with Gasteiger partial charge in [0.15, 0.2) is 5.82 Å². The van der Waals surface area contributed by atoms with Gasteiger partial charge in [0.2, 0.25) is 0 Å². The van der Waals surface area contributed by atoms with Crippen molar-refractivity contribution in [3.8, 4) is 11.4 Å². The third kappa shape index (κ3) is 2.98. The molecule has 1 unspecified atom stereocenters. The predicted octanol–water partition coefficient (Wildman–Crippen LogP) is 1.72. The average molecular weight is 275 g/mol. The monoisotopic (exact) mass is 275 g/mol. The molecule has 2 rings (SSSR count). The van der Waals surface area contributed by atoms with Crippen molar-refractivity contribution in [1.82, 2.24) is 25.2 Å². The van der Waals surface area contributed by atoms with Crippen LogP contribution in [0.25, 0.3) is 11.4 Å². The number of carboxylic acid groups (broad SMARTS) is 1. The van der Waals surface area contributed by atoms with Gasteiger partial charge in [-0.2, -0.15) is 0 Å². The maximum atomic E-state index is 11.0. The lowest BCUT2D eigenvalue weighted by molar-refractivity contribution is -0.138. The number of aromatic nitrogens is 5. The van der Waals surface area contributed by atoms with E-state index < -0.39 is 5.97 Å². The minimum absolute atomic E-state index is 0.0189. The zero-order valence-electron chi connectivity index (χ0n) is 11.7.